The molecule has 0 spiro atoms. The quantitative estimate of drug-likeness (QED) is 0.776. The first-order chi connectivity index (χ1) is 11.9. The van der Waals surface area contributed by atoms with E-state index in [1.165, 1.54) is 16.2 Å². The van der Waals surface area contributed by atoms with E-state index in [1.54, 1.807) is 9.36 Å². The summed E-state index contributed by atoms with van der Waals surface area (Å²) in [6.45, 7) is 5.90. The van der Waals surface area contributed by atoms with Crippen LogP contribution in [0.3, 0.4) is 0 Å². The van der Waals surface area contributed by atoms with Crippen LogP contribution < -0.4 is 10.9 Å². The first-order valence-electron chi connectivity index (χ1n) is 8.18. The fourth-order valence-corrected chi connectivity index (χ4v) is 3.88. The Morgan fingerprint density at radius 2 is 1.88 bits per heavy atom. The van der Waals surface area contributed by atoms with Crippen molar-refractivity contribution in [3.63, 3.8) is 0 Å². The molecule has 25 heavy (non-hydrogen) atoms. The number of carbonyl (C=O) groups excluding carboxylic acids is 1. The molecule has 0 aliphatic rings. The number of para-hydroxylation sites is 1. The largest absolute Gasteiger partial charge is 0.315 e. The van der Waals surface area contributed by atoms with Crippen LogP contribution in [0.1, 0.15) is 32.7 Å². The number of anilines is 1. The maximum Gasteiger partial charge on any atom is 0.295 e. The summed E-state index contributed by atoms with van der Waals surface area (Å²) in [7, 11) is 1.81. The van der Waals surface area contributed by atoms with Crippen molar-refractivity contribution in [2.24, 2.45) is 7.05 Å². The zero-order valence-corrected chi connectivity index (χ0v) is 15.6. The summed E-state index contributed by atoms with van der Waals surface area (Å²) in [5, 5.41) is 2.81. The predicted octanol–water partition coefficient (Wildman–Crippen LogP) is 3.67. The number of nitrogens with one attached hydrogen (secondary N) is 1. The van der Waals surface area contributed by atoms with Crippen LogP contribution in [0.2, 0.25) is 0 Å². The van der Waals surface area contributed by atoms with Gasteiger partial charge in [-0.05, 0) is 44.0 Å². The highest BCUT2D eigenvalue weighted by Gasteiger charge is 2.20. The molecule has 0 atom stereocenters. The van der Waals surface area contributed by atoms with Gasteiger partial charge in [0.15, 0.2) is 0 Å². The summed E-state index contributed by atoms with van der Waals surface area (Å²) in [5.74, 6) is -0.237. The van der Waals surface area contributed by atoms with Crippen LogP contribution in [0.25, 0.3) is 5.69 Å². The Hall–Kier alpha value is -2.60. The zero-order valence-electron chi connectivity index (χ0n) is 14.8. The van der Waals surface area contributed by atoms with Crippen LogP contribution in [0, 0.1) is 13.8 Å². The lowest BCUT2D eigenvalue weighted by Crippen LogP contribution is -2.22. The number of hydrogen-bond donors (Lipinski definition) is 1. The maximum absolute atomic E-state index is 12.8. The Labute approximate surface area is 150 Å². The molecule has 2 heterocycles. The summed E-state index contributed by atoms with van der Waals surface area (Å²) in [6.07, 6.45) is 0.898. The van der Waals surface area contributed by atoms with Crippen molar-refractivity contribution in [2.75, 3.05) is 5.32 Å². The number of thiophene rings is 1. The molecule has 0 aliphatic carbocycles. The highest BCUT2D eigenvalue weighted by molar-refractivity contribution is 7.14. The number of carbonyl (C=O) groups is 1. The molecule has 0 bridgehead atoms. The van der Waals surface area contributed by atoms with Crippen molar-refractivity contribution in [3.05, 3.63) is 67.8 Å². The minimum atomic E-state index is -0.237. The van der Waals surface area contributed by atoms with Crippen LogP contribution in [-0.4, -0.2) is 15.3 Å². The third kappa shape index (κ3) is 3.05. The van der Waals surface area contributed by atoms with Gasteiger partial charge in [0, 0.05) is 11.9 Å². The molecule has 0 saturated heterocycles. The molecular weight excluding hydrogens is 334 g/mol. The summed E-state index contributed by atoms with van der Waals surface area (Å²) in [6, 6.07) is 11.3. The van der Waals surface area contributed by atoms with Gasteiger partial charge in [0.1, 0.15) is 5.69 Å². The molecule has 6 heteroatoms. The van der Waals surface area contributed by atoms with Crippen LogP contribution in [-0.2, 0) is 13.5 Å². The van der Waals surface area contributed by atoms with E-state index >= 15 is 0 Å². The van der Waals surface area contributed by atoms with Gasteiger partial charge in [0.25, 0.3) is 11.5 Å². The lowest BCUT2D eigenvalue weighted by molar-refractivity contribution is 0.103. The molecule has 1 N–H and O–H groups in total. The molecule has 0 unspecified atom stereocenters. The number of amides is 1. The first-order valence-corrected chi connectivity index (χ1v) is 9.00. The highest BCUT2D eigenvalue weighted by Crippen LogP contribution is 2.23. The van der Waals surface area contributed by atoms with Gasteiger partial charge in [-0.25, -0.2) is 4.68 Å². The molecule has 1 amide bonds. The number of nitrogens with zero attached hydrogens (tertiary/aromatic N) is 2. The molecule has 2 aromatic heterocycles. The Kier molecular flexibility index (Phi) is 4.63. The van der Waals surface area contributed by atoms with E-state index in [9.17, 15) is 9.59 Å². The fourth-order valence-electron chi connectivity index (χ4n) is 2.87. The summed E-state index contributed by atoms with van der Waals surface area (Å²) in [4.78, 5) is 27.3. The van der Waals surface area contributed by atoms with Gasteiger partial charge in [0.2, 0.25) is 0 Å². The zero-order chi connectivity index (χ0) is 18.1. The van der Waals surface area contributed by atoms with Crippen LogP contribution in [0.4, 0.5) is 5.69 Å². The molecule has 130 valence electrons. The smallest absolute Gasteiger partial charge is 0.295 e. The standard InChI is InChI=1S/C19H21N3O2S/c1-5-15-12(2)11-16(25-15)18(23)20-17-13(3)21(4)22(19(17)24)14-9-7-6-8-10-14/h6-11H,5H2,1-4H3,(H,20,23). The van der Waals surface area contributed by atoms with E-state index < -0.39 is 0 Å². The second-order valence-electron chi connectivity index (χ2n) is 5.96. The monoisotopic (exact) mass is 355 g/mol. The molecule has 0 fully saturated rings. The second kappa shape index (κ2) is 6.72. The maximum atomic E-state index is 12.8. The number of benzene rings is 1. The Morgan fingerprint density at radius 1 is 1.20 bits per heavy atom. The number of rotatable bonds is 4. The third-order valence-electron chi connectivity index (χ3n) is 4.36. The van der Waals surface area contributed by atoms with Gasteiger partial charge in [-0.15, -0.1) is 11.3 Å². The molecule has 0 saturated carbocycles. The van der Waals surface area contributed by atoms with Crippen molar-refractivity contribution >= 4 is 22.9 Å². The van der Waals surface area contributed by atoms with Crippen molar-refractivity contribution in [3.8, 4) is 5.69 Å². The van der Waals surface area contributed by atoms with Gasteiger partial charge in [-0.1, -0.05) is 25.1 Å². The van der Waals surface area contributed by atoms with Gasteiger partial charge in [0.05, 0.1) is 16.3 Å². The van der Waals surface area contributed by atoms with E-state index in [4.69, 9.17) is 0 Å². The van der Waals surface area contributed by atoms with Gasteiger partial charge >= 0.3 is 0 Å². The second-order valence-corrected chi connectivity index (χ2v) is 7.10. The topological polar surface area (TPSA) is 56.0 Å². The van der Waals surface area contributed by atoms with E-state index in [2.05, 4.69) is 12.2 Å². The molecule has 0 aliphatic heterocycles. The van der Waals surface area contributed by atoms with Gasteiger partial charge in [-0.2, -0.15) is 0 Å². The molecule has 0 radical (unpaired) electrons. The van der Waals surface area contributed by atoms with E-state index in [1.807, 2.05) is 57.3 Å². The van der Waals surface area contributed by atoms with Crippen LogP contribution in [0.15, 0.2) is 41.2 Å². The van der Waals surface area contributed by atoms with Crippen molar-refractivity contribution in [1.82, 2.24) is 9.36 Å². The van der Waals surface area contributed by atoms with Crippen LogP contribution >= 0.6 is 11.3 Å². The first kappa shape index (κ1) is 17.2. The number of aromatic nitrogens is 2. The molecule has 3 rings (SSSR count). The molecular formula is C19H21N3O2S. The lowest BCUT2D eigenvalue weighted by Gasteiger charge is -2.07. The normalized spacial score (nSPS) is 10.9. The summed E-state index contributed by atoms with van der Waals surface area (Å²) < 4.78 is 3.31. The minimum absolute atomic E-state index is 0.233. The molecule has 5 nitrogen and oxygen atoms in total. The van der Waals surface area contributed by atoms with E-state index in [0.29, 0.717) is 16.3 Å². The lowest BCUT2D eigenvalue weighted by atomic mass is 10.2. The number of hydrogen-bond acceptors (Lipinski definition) is 3. The van der Waals surface area contributed by atoms with Crippen LogP contribution in [0.5, 0.6) is 0 Å². The number of aryl methyl sites for hydroxylation is 2. The van der Waals surface area contributed by atoms with Crippen molar-refractivity contribution < 1.29 is 4.79 Å². The third-order valence-corrected chi connectivity index (χ3v) is 5.74. The average molecular weight is 355 g/mol. The van der Waals surface area contributed by atoms with E-state index in [-0.39, 0.29) is 11.5 Å². The summed E-state index contributed by atoms with van der Waals surface area (Å²) >= 11 is 1.48. The molecule has 3 aromatic rings. The predicted molar refractivity (Wildman–Crippen MR) is 102 cm³/mol. The van der Waals surface area contributed by atoms with Crippen molar-refractivity contribution in [2.45, 2.75) is 27.2 Å². The van der Waals surface area contributed by atoms with E-state index in [0.717, 1.165) is 17.7 Å². The van der Waals surface area contributed by atoms with Gasteiger partial charge in [-0.3, -0.25) is 14.3 Å². The molecule has 1 aromatic carbocycles. The Morgan fingerprint density at radius 3 is 2.48 bits per heavy atom. The van der Waals surface area contributed by atoms with Gasteiger partial charge < -0.3 is 5.32 Å². The van der Waals surface area contributed by atoms with Crippen molar-refractivity contribution in [1.29, 1.82) is 0 Å². The highest BCUT2D eigenvalue weighted by atomic mass is 32.1. The minimum Gasteiger partial charge on any atom is -0.315 e. The SMILES string of the molecule is CCc1sc(C(=O)Nc2c(C)n(C)n(-c3ccccc3)c2=O)cc1C. The Balaban J connectivity index is 1.98. The Bertz CT molecular complexity index is 980. The fraction of sp³-hybridized carbons (Fsp3) is 0.263. The average Bonchev–Trinajstić information content (AvgIpc) is 3.09. The summed E-state index contributed by atoms with van der Waals surface area (Å²) in [5.41, 5.74) is 2.68.